The molecule has 0 bridgehead atoms. The molecule has 0 amide bonds. The van der Waals surface area contributed by atoms with Crippen LogP contribution in [0.5, 0.6) is 0 Å². The van der Waals surface area contributed by atoms with Crippen molar-refractivity contribution in [3.05, 3.63) is 0 Å². The molecule has 0 rings (SSSR count). The second kappa shape index (κ2) is 12.9. The van der Waals surface area contributed by atoms with Crippen LogP contribution < -0.4 is 0 Å². The highest BCUT2D eigenvalue weighted by Crippen LogP contribution is 2.08. The van der Waals surface area contributed by atoms with E-state index in [4.69, 9.17) is 4.74 Å². The van der Waals surface area contributed by atoms with Crippen molar-refractivity contribution in [2.45, 2.75) is 58.3 Å². The molecule has 0 spiro atoms. The van der Waals surface area contributed by atoms with Crippen LogP contribution in [0.1, 0.15) is 58.3 Å². The molecule has 0 aliphatic rings. The third kappa shape index (κ3) is 12.7. The van der Waals surface area contributed by atoms with Gasteiger partial charge < -0.3 is 9.47 Å². The summed E-state index contributed by atoms with van der Waals surface area (Å²) in [7, 11) is 1.21. The number of carbonyl (C=O) groups is 2. The monoisotopic (exact) mass is 268 g/mol. The topological polar surface area (TPSA) is 52.6 Å². The summed E-state index contributed by atoms with van der Waals surface area (Å²) in [5, 5.41) is 0. The minimum atomic E-state index is -0.732. The number of hydrogen-bond acceptors (Lipinski definition) is 4. The van der Waals surface area contributed by atoms with Gasteiger partial charge in [-0.1, -0.05) is 51.9 Å². The first-order valence-corrected chi connectivity index (χ1v) is 6.97. The molecule has 0 atom stereocenters. The predicted octanol–water partition coefficient (Wildman–Crippen LogP) is 2.85. The molecule has 0 heterocycles. The molecule has 4 nitrogen and oxygen atoms in total. The van der Waals surface area contributed by atoms with Gasteiger partial charge in [0.25, 0.3) is 0 Å². The van der Waals surface area contributed by atoms with E-state index >= 15 is 0 Å². The highest BCUT2D eigenvalue weighted by molar-refractivity contribution is 5.98. The molecule has 19 heavy (non-hydrogen) atoms. The highest BCUT2D eigenvalue weighted by Gasteiger charge is 1.98. The third-order valence-corrected chi connectivity index (χ3v) is 2.68. The van der Waals surface area contributed by atoms with Crippen LogP contribution in [0.3, 0.4) is 0 Å². The fourth-order valence-electron chi connectivity index (χ4n) is 1.59. The van der Waals surface area contributed by atoms with Crippen LogP contribution in [-0.2, 0) is 19.1 Å². The molecule has 0 fully saturated rings. The van der Waals surface area contributed by atoms with Crippen LogP contribution in [-0.4, -0.2) is 25.7 Å². The zero-order valence-corrected chi connectivity index (χ0v) is 12.0. The van der Waals surface area contributed by atoms with Gasteiger partial charge in [-0.15, -0.1) is 0 Å². The molecule has 108 valence electrons. The maximum Gasteiger partial charge on any atom is 0.384 e. The Morgan fingerprint density at radius 1 is 0.842 bits per heavy atom. The Kier molecular flexibility index (Phi) is 11.9. The Balaban J connectivity index is 3.36. The third-order valence-electron chi connectivity index (χ3n) is 2.68. The summed E-state index contributed by atoms with van der Waals surface area (Å²) in [5.74, 6) is 2.69. The van der Waals surface area contributed by atoms with Gasteiger partial charge in [0.15, 0.2) is 0 Å². The second-order valence-electron chi connectivity index (χ2n) is 4.35. The summed E-state index contributed by atoms with van der Waals surface area (Å²) in [6.07, 6.45) is 9.51. The first-order valence-electron chi connectivity index (χ1n) is 6.97. The van der Waals surface area contributed by atoms with E-state index in [9.17, 15) is 9.59 Å². The number of rotatable bonds is 9. The lowest BCUT2D eigenvalue weighted by Crippen LogP contribution is -2.04. The largest absolute Gasteiger partial charge is 0.459 e. The fourth-order valence-corrected chi connectivity index (χ4v) is 1.59. The number of unbranched alkanes of at least 4 members (excludes halogenated alkanes) is 7. The number of esters is 2. The number of methoxy groups -OCH3 is 1. The van der Waals surface area contributed by atoms with Crippen molar-refractivity contribution in [1.29, 1.82) is 0 Å². The van der Waals surface area contributed by atoms with Crippen LogP contribution in [0.25, 0.3) is 0 Å². The minimum absolute atomic E-state index is 0.365. The lowest BCUT2D eigenvalue weighted by molar-refractivity contribution is -0.137. The van der Waals surface area contributed by atoms with Crippen LogP contribution in [0, 0.1) is 11.8 Å². The second-order valence-corrected chi connectivity index (χ2v) is 4.35. The van der Waals surface area contributed by atoms with Crippen molar-refractivity contribution in [2.24, 2.45) is 0 Å². The summed E-state index contributed by atoms with van der Waals surface area (Å²) in [5.41, 5.74) is 0. The molecular formula is C15H24O4. The fraction of sp³-hybridized carbons (Fsp3) is 0.733. The zero-order valence-electron chi connectivity index (χ0n) is 12.0. The van der Waals surface area contributed by atoms with E-state index < -0.39 is 11.9 Å². The lowest BCUT2D eigenvalue weighted by Gasteiger charge is -2.01. The van der Waals surface area contributed by atoms with Gasteiger partial charge in [0, 0.05) is 11.8 Å². The average Bonchev–Trinajstić information content (AvgIpc) is 2.42. The van der Waals surface area contributed by atoms with Crippen molar-refractivity contribution in [1.82, 2.24) is 0 Å². The van der Waals surface area contributed by atoms with Crippen LogP contribution in [0.4, 0.5) is 0 Å². The van der Waals surface area contributed by atoms with E-state index in [-0.39, 0.29) is 0 Å². The van der Waals surface area contributed by atoms with Gasteiger partial charge in [0.2, 0.25) is 0 Å². The number of hydrogen-bond donors (Lipinski definition) is 0. The van der Waals surface area contributed by atoms with E-state index in [0.29, 0.717) is 6.61 Å². The Labute approximate surface area is 115 Å². The first kappa shape index (κ1) is 17.5. The normalized spacial score (nSPS) is 9.37. The van der Waals surface area contributed by atoms with Gasteiger partial charge in [-0.05, 0) is 6.42 Å². The van der Waals surface area contributed by atoms with Gasteiger partial charge in [0.1, 0.15) is 0 Å². The molecule has 0 radical (unpaired) electrons. The van der Waals surface area contributed by atoms with Crippen molar-refractivity contribution < 1.29 is 19.1 Å². The molecule has 0 saturated heterocycles. The predicted molar refractivity (Wildman–Crippen MR) is 73.4 cm³/mol. The maximum atomic E-state index is 11.1. The van der Waals surface area contributed by atoms with Crippen molar-refractivity contribution in [3.8, 4) is 11.8 Å². The maximum absolute atomic E-state index is 11.1. The molecule has 0 aromatic carbocycles. The molecule has 0 saturated carbocycles. The molecule has 0 aliphatic heterocycles. The quantitative estimate of drug-likeness (QED) is 0.279. The van der Waals surface area contributed by atoms with Crippen LogP contribution >= 0.6 is 0 Å². The molecular weight excluding hydrogens is 244 g/mol. The van der Waals surface area contributed by atoms with Gasteiger partial charge in [-0.2, -0.15) is 0 Å². The van der Waals surface area contributed by atoms with Crippen LogP contribution in [0.2, 0.25) is 0 Å². The van der Waals surface area contributed by atoms with E-state index in [1.165, 1.54) is 45.6 Å². The summed E-state index contributed by atoms with van der Waals surface area (Å²) in [6.45, 7) is 2.57. The number of ether oxygens (including phenoxy) is 2. The van der Waals surface area contributed by atoms with Crippen molar-refractivity contribution >= 4 is 11.9 Å². The summed E-state index contributed by atoms with van der Waals surface area (Å²) >= 11 is 0. The molecule has 0 unspecified atom stereocenters. The first-order chi connectivity index (χ1) is 9.20. The van der Waals surface area contributed by atoms with Gasteiger partial charge in [0.05, 0.1) is 13.7 Å². The zero-order chi connectivity index (χ0) is 14.3. The SMILES string of the molecule is CCCCCCCCCCOC(=O)C#CC(=O)OC. The van der Waals surface area contributed by atoms with Crippen molar-refractivity contribution in [3.63, 3.8) is 0 Å². The smallest absolute Gasteiger partial charge is 0.384 e. The molecule has 0 aromatic rings. The minimum Gasteiger partial charge on any atom is -0.459 e. The Bertz CT molecular complexity index is 312. The van der Waals surface area contributed by atoms with Crippen molar-refractivity contribution in [2.75, 3.05) is 13.7 Å². The molecule has 0 aliphatic carbocycles. The number of carbonyl (C=O) groups excluding carboxylic acids is 2. The Hall–Kier alpha value is -1.50. The molecule has 0 aromatic heterocycles. The highest BCUT2D eigenvalue weighted by atomic mass is 16.5. The Morgan fingerprint density at radius 2 is 1.37 bits per heavy atom. The molecule has 0 N–H and O–H groups in total. The molecule has 4 heteroatoms. The summed E-state index contributed by atoms with van der Waals surface area (Å²) in [6, 6.07) is 0. The van der Waals surface area contributed by atoms with E-state index in [0.717, 1.165) is 12.8 Å². The summed E-state index contributed by atoms with van der Waals surface area (Å²) < 4.78 is 9.14. The lowest BCUT2D eigenvalue weighted by atomic mass is 10.1. The average molecular weight is 268 g/mol. The van der Waals surface area contributed by atoms with E-state index in [1.807, 2.05) is 5.92 Å². The van der Waals surface area contributed by atoms with E-state index in [1.54, 1.807) is 0 Å². The van der Waals surface area contributed by atoms with Gasteiger partial charge in [-0.3, -0.25) is 0 Å². The standard InChI is InChI=1S/C15H24O4/c1-3-4-5-6-7-8-9-10-13-19-15(17)12-11-14(16)18-2/h3-10,13H2,1-2H3. The van der Waals surface area contributed by atoms with Crippen LogP contribution in [0.15, 0.2) is 0 Å². The van der Waals surface area contributed by atoms with Gasteiger partial charge in [-0.25, -0.2) is 9.59 Å². The van der Waals surface area contributed by atoms with Gasteiger partial charge >= 0.3 is 11.9 Å². The Morgan fingerprint density at radius 3 is 1.95 bits per heavy atom. The van der Waals surface area contributed by atoms with E-state index in [2.05, 4.69) is 17.6 Å². The summed E-state index contributed by atoms with van der Waals surface area (Å²) in [4.78, 5) is 21.7.